The normalized spacial score (nSPS) is 14.7. The zero-order valence-corrected chi connectivity index (χ0v) is 9.50. The molecular formula is C6H7Br2NO4. The summed E-state index contributed by atoms with van der Waals surface area (Å²) in [7, 11) is 0. The smallest absolute Gasteiger partial charge is 0.343 e. The van der Waals surface area contributed by atoms with Gasteiger partial charge in [-0.2, -0.15) is 0 Å². The van der Waals surface area contributed by atoms with Crippen LogP contribution in [-0.4, -0.2) is 28.2 Å². The van der Waals surface area contributed by atoms with Crippen molar-refractivity contribution in [3.8, 4) is 0 Å². The third-order valence-electron chi connectivity index (χ3n) is 1.12. The molecule has 0 heterocycles. The molecule has 74 valence electrons. The van der Waals surface area contributed by atoms with E-state index in [-0.39, 0.29) is 15.4 Å². The highest BCUT2D eigenvalue weighted by Gasteiger charge is 2.17. The Morgan fingerprint density at radius 2 is 1.77 bits per heavy atom. The fourth-order valence-corrected chi connectivity index (χ4v) is 1.17. The molecule has 5 nitrogen and oxygen atoms in total. The number of nitrogens with two attached hydrogens (primary N) is 1. The van der Waals surface area contributed by atoms with Crippen molar-refractivity contribution in [2.75, 3.05) is 0 Å². The minimum Gasteiger partial charge on any atom is -0.481 e. The third-order valence-corrected chi connectivity index (χ3v) is 3.40. The van der Waals surface area contributed by atoms with Crippen molar-refractivity contribution in [1.29, 1.82) is 0 Å². The van der Waals surface area contributed by atoms with Crippen LogP contribution in [0.4, 0.5) is 0 Å². The predicted molar refractivity (Wildman–Crippen MR) is 52.7 cm³/mol. The molecule has 0 aromatic carbocycles. The van der Waals surface area contributed by atoms with Crippen LogP contribution in [0.25, 0.3) is 0 Å². The summed E-state index contributed by atoms with van der Waals surface area (Å²) in [5, 5.41) is 16.9. The molecule has 0 rings (SSSR count). The lowest BCUT2D eigenvalue weighted by atomic mass is 10.2. The number of aliphatic carboxylic acids is 2. The van der Waals surface area contributed by atoms with Crippen LogP contribution in [0.15, 0.2) is 8.96 Å². The molecule has 0 radical (unpaired) electrons. The molecule has 1 atom stereocenters. The van der Waals surface area contributed by atoms with E-state index in [0.29, 0.717) is 0 Å². The van der Waals surface area contributed by atoms with Gasteiger partial charge in [0.2, 0.25) is 0 Å². The van der Waals surface area contributed by atoms with Crippen LogP contribution in [-0.2, 0) is 9.59 Å². The van der Waals surface area contributed by atoms with E-state index in [4.69, 9.17) is 15.9 Å². The summed E-state index contributed by atoms with van der Waals surface area (Å²) in [4.78, 5) is 20.6. The van der Waals surface area contributed by atoms with Gasteiger partial charge in [0.05, 0.1) is 6.42 Å². The van der Waals surface area contributed by atoms with Gasteiger partial charge < -0.3 is 15.9 Å². The van der Waals surface area contributed by atoms with E-state index in [0.717, 1.165) is 0 Å². The van der Waals surface area contributed by atoms with Crippen molar-refractivity contribution in [3.05, 3.63) is 8.96 Å². The highest BCUT2D eigenvalue weighted by Crippen LogP contribution is 2.22. The Kier molecular flexibility index (Phi) is 5.19. The second-order valence-corrected chi connectivity index (χ2v) is 3.82. The zero-order valence-electron chi connectivity index (χ0n) is 6.33. The molecule has 0 aromatic heterocycles. The monoisotopic (exact) mass is 315 g/mol. The number of carboxylic acids is 2. The Labute approximate surface area is 90.9 Å². The van der Waals surface area contributed by atoms with Gasteiger partial charge in [-0.3, -0.25) is 4.79 Å². The lowest BCUT2D eigenvalue weighted by Gasteiger charge is -2.08. The maximum Gasteiger partial charge on any atom is 0.343 e. The lowest BCUT2D eigenvalue weighted by Crippen LogP contribution is -2.25. The van der Waals surface area contributed by atoms with Gasteiger partial charge in [0.25, 0.3) is 0 Å². The van der Waals surface area contributed by atoms with Crippen LogP contribution in [0.2, 0.25) is 0 Å². The number of halogens is 2. The molecule has 0 amide bonds. The van der Waals surface area contributed by atoms with Crippen LogP contribution >= 0.6 is 31.9 Å². The first kappa shape index (κ1) is 12.6. The third kappa shape index (κ3) is 4.39. The molecule has 13 heavy (non-hydrogen) atoms. The Morgan fingerprint density at radius 1 is 1.31 bits per heavy atom. The standard InChI is InChI=1S/C6H7Br2NO4/c7-4(5(8)6(12)13)2(9)1-3(10)11/h2H,1,9H2,(H,10,11)(H,12,13)/b5-4-. The molecule has 0 aliphatic carbocycles. The first-order valence-corrected chi connectivity index (χ1v) is 4.70. The summed E-state index contributed by atoms with van der Waals surface area (Å²) in [6, 6.07) is -0.858. The number of carbonyl (C=O) groups is 2. The van der Waals surface area contributed by atoms with Gasteiger partial charge in [-0.05, 0) is 15.9 Å². The summed E-state index contributed by atoms with van der Waals surface area (Å²) in [6.45, 7) is 0. The van der Waals surface area contributed by atoms with E-state index < -0.39 is 18.0 Å². The van der Waals surface area contributed by atoms with Gasteiger partial charge in [-0.25, -0.2) is 4.79 Å². The number of hydrogen-bond acceptors (Lipinski definition) is 3. The van der Waals surface area contributed by atoms with Gasteiger partial charge in [0.1, 0.15) is 4.48 Å². The predicted octanol–water partition coefficient (Wildman–Crippen LogP) is 0.874. The van der Waals surface area contributed by atoms with Gasteiger partial charge in [-0.15, -0.1) is 0 Å². The number of carboxylic acid groups (broad SMARTS) is 2. The maximum absolute atomic E-state index is 10.4. The van der Waals surface area contributed by atoms with E-state index in [1.54, 1.807) is 0 Å². The highest BCUT2D eigenvalue weighted by molar-refractivity contribution is 9.14. The molecular weight excluding hydrogens is 310 g/mol. The average molecular weight is 317 g/mol. The Morgan fingerprint density at radius 3 is 2.08 bits per heavy atom. The van der Waals surface area contributed by atoms with Crippen LogP contribution in [0.5, 0.6) is 0 Å². The van der Waals surface area contributed by atoms with Crippen LogP contribution < -0.4 is 5.73 Å². The first-order chi connectivity index (χ1) is 5.86. The number of hydrogen-bond donors (Lipinski definition) is 3. The Bertz CT molecular complexity index is 263. The molecule has 0 spiro atoms. The molecule has 0 aliphatic rings. The van der Waals surface area contributed by atoms with Crippen molar-refractivity contribution in [1.82, 2.24) is 0 Å². The van der Waals surface area contributed by atoms with Crippen LogP contribution in [0, 0.1) is 0 Å². The van der Waals surface area contributed by atoms with Crippen molar-refractivity contribution in [2.45, 2.75) is 12.5 Å². The average Bonchev–Trinajstić information content (AvgIpc) is 2.00. The minimum atomic E-state index is -1.20. The topological polar surface area (TPSA) is 101 Å². The van der Waals surface area contributed by atoms with Crippen molar-refractivity contribution in [3.63, 3.8) is 0 Å². The second kappa shape index (κ2) is 5.36. The minimum absolute atomic E-state index is 0.127. The quantitative estimate of drug-likeness (QED) is 0.668. The van der Waals surface area contributed by atoms with Crippen LogP contribution in [0.1, 0.15) is 6.42 Å². The van der Waals surface area contributed by atoms with Gasteiger partial charge in [0, 0.05) is 10.5 Å². The molecule has 0 aromatic rings. The summed E-state index contributed by atoms with van der Waals surface area (Å²) in [5.41, 5.74) is 5.38. The van der Waals surface area contributed by atoms with Gasteiger partial charge >= 0.3 is 11.9 Å². The largest absolute Gasteiger partial charge is 0.481 e. The van der Waals surface area contributed by atoms with E-state index in [9.17, 15) is 9.59 Å². The number of rotatable bonds is 4. The summed E-state index contributed by atoms with van der Waals surface area (Å²) in [6.07, 6.45) is -0.330. The SMILES string of the molecule is NC(CC(=O)O)/C(Br)=C(/Br)C(=O)O. The van der Waals surface area contributed by atoms with Crippen molar-refractivity contribution < 1.29 is 19.8 Å². The van der Waals surface area contributed by atoms with Gasteiger partial charge in [0.15, 0.2) is 0 Å². The Hall–Kier alpha value is -0.400. The second-order valence-electron chi connectivity index (χ2n) is 2.17. The van der Waals surface area contributed by atoms with Gasteiger partial charge in [-0.1, -0.05) is 15.9 Å². The summed E-state index contributed by atoms with van der Waals surface area (Å²) >= 11 is 5.66. The van der Waals surface area contributed by atoms with E-state index in [2.05, 4.69) is 31.9 Å². The van der Waals surface area contributed by atoms with Crippen molar-refractivity contribution >= 4 is 43.8 Å². The molecule has 0 aliphatic heterocycles. The lowest BCUT2D eigenvalue weighted by molar-refractivity contribution is -0.137. The molecule has 4 N–H and O–H groups in total. The summed E-state index contributed by atoms with van der Waals surface area (Å²) < 4.78 is -0.0383. The molecule has 0 saturated carbocycles. The Balaban J connectivity index is 4.57. The fraction of sp³-hybridized carbons (Fsp3) is 0.333. The van der Waals surface area contributed by atoms with Crippen molar-refractivity contribution in [2.24, 2.45) is 5.73 Å². The van der Waals surface area contributed by atoms with E-state index >= 15 is 0 Å². The maximum atomic E-state index is 10.4. The van der Waals surface area contributed by atoms with E-state index in [1.807, 2.05) is 0 Å². The molecule has 7 heteroatoms. The molecule has 1 unspecified atom stereocenters. The zero-order chi connectivity index (χ0) is 10.6. The fourth-order valence-electron chi connectivity index (χ4n) is 0.543. The molecule has 0 fully saturated rings. The molecule has 0 bridgehead atoms. The van der Waals surface area contributed by atoms with E-state index in [1.165, 1.54) is 0 Å². The van der Waals surface area contributed by atoms with Crippen LogP contribution in [0.3, 0.4) is 0 Å². The highest BCUT2D eigenvalue weighted by atomic mass is 79.9. The summed E-state index contributed by atoms with van der Waals surface area (Å²) in [5.74, 6) is -2.29. The molecule has 0 saturated heterocycles. The first-order valence-electron chi connectivity index (χ1n) is 3.12.